The molecule has 0 radical (unpaired) electrons. The predicted octanol–water partition coefficient (Wildman–Crippen LogP) is 2.23. The molecule has 122 valence electrons. The van der Waals surface area contributed by atoms with Crippen molar-refractivity contribution in [2.75, 3.05) is 20.7 Å². The van der Waals surface area contributed by atoms with Crippen LogP contribution >= 0.6 is 0 Å². The molecular formula is C17H28N4O. The molecule has 0 bridgehead atoms. The van der Waals surface area contributed by atoms with Crippen LogP contribution in [0.5, 0.6) is 0 Å². The molecule has 1 aromatic rings. The average Bonchev–Trinajstić information content (AvgIpc) is 3.00. The lowest BCUT2D eigenvalue weighted by Crippen LogP contribution is -2.71. The molecule has 1 aromatic heterocycles. The fourth-order valence-corrected chi connectivity index (χ4v) is 4.10. The quantitative estimate of drug-likeness (QED) is 0.665. The first-order valence-corrected chi connectivity index (χ1v) is 8.22. The number of nitrogens with zero attached hydrogens (tertiary/aromatic N) is 2. The molecule has 0 aromatic carbocycles. The van der Waals surface area contributed by atoms with Gasteiger partial charge in [0.05, 0.1) is 12.6 Å². The summed E-state index contributed by atoms with van der Waals surface area (Å²) in [6.45, 7) is 6.34. The minimum atomic E-state index is 0.161. The van der Waals surface area contributed by atoms with E-state index in [9.17, 15) is 0 Å². The van der Waals surface area contributed by atoms with Crippen LogP contribution in [0.2, 0.25) is 0 Å². The van der Waals surface area contributed by atoms with Gasteiger partial charge in [0.2, 0.25) is 0 Å². The maximum absolute atomic E-state index is 5.98. The molecule has 0 amide bonds. The van der Waals surface area contributed by atoms with Gasteiger partial charge in [-0.15, -0.1) is 0 Å². The van der Waals surface area contributed by atoms with E-state index < -0.39 is 0 Å². The van der Waals surface area contributed by atoms with Crippen LogP contribution in [0.4, 0.5) is 0 Å². The van der Waals surface area contributed by atoms with E-state index in [2.05, 4.69) is 47.2 Å². The van der Waals surface area contributed by atoms with Gasteiger partial charge in [-0.05, 0) is 25.0 Å². The molecule has 2 fully saturated rings. The van der Waals surface area contributed by atoms with Crippen LogP contribution in [-0.4, -0.2) is 48.7 Å². The second-order valence-corrected chi connectivity index (χ2v) is 7.14. The van der Waals surface area contributed by atoms with Crippen LogP contribution in [0.15, 0.2) is 23.3 Å². The third-order valence-corrected chi connectivity index (χ3v) is 5.26. The van der Waals surface area contributed by atoms with Crippen molar-refractivity contribution < 1.29 is 4.74 Å². The normalized spacial score (nSPS) is 30.4. The van der Waals surface area contributed by atoms with Crippen molar-refractivity contribution >= 4 is 5.96 Å². The second-order valence-electron chi connectivity index (χ2n) is 7.14. The van der Waals surface area contributed by atoms with Crippen molar-refractivity contribution in [3.05, 3.63) is 24.0 Å². The van der Waals surface area contributed by atoms with E-state index in [-0.39, 0.29) is 5.41 Å². The predicted molar refractivity (Wildman–Crippen MR) is 88.8 cm³/mol. The van der Waals surface area contributed by atoms with Crippen molar-refractivity contribution in [1.82, 2.24) is 15.2 Å². The summed E-state index contributed by atoms with van der Waals surface area (Å²) in [6.07, 6.45) is 4.78. The summed E-state index contributed by atoms with van der Waals surface area (Å²) in [5, 5.41) is 3.69. The number of guanidine groups is 1. The van der Waals surface area contributed by atoms with E-state index in [0.29, 0.717) is 18.1 Å². The van der Waals surface area contributed by atoms with E-state index in [4.69, 9.17) is 4.74 Å². The Balaban J connectivity index is 1.65. The summed E-state index contributed by atoms with van der Waals surface area (Å²) in [5.41, 5.74) is 1.35. The molecule has 3 unspecified atom stereocenters. The highest BCUT2D eigenvalue weighted by Crippen LogP contribution is 2.51. The van der Waals surface area contributed by atoms with Crippen molar-refractivity contribution in [2.24, 2.45) is 16.3 Å². The number of fused-ring (bicyclic) bond motifs is 1. The number of ether oxygens (including phenoxy) is 1. The van der Waals surface area contributed by atoms with Gasteiger partial charge in [-0.2, -0.15) is 0 Å². The first-order chi connectivity index (χ1) is 10.5. The van der Waals surface area contributed by atoms with Gasteiger partial charge >= 0.3 is 0 Å². The van der Waals surface area contributed by atoms with Crippen molar-refractivity contribution in [2.45, 2.75) is 45.4 Å². The summed E-state index contributed by atoms with van der Waals surface area (Å²) in [7, 11) is 3.94. The minimum absolute atomic E-state index is 0.161. The van der Waals surface area contributed by atoms with E-state index in [1.165, 1.54) is 18.5 Å². The molecule has 22 heavy (non-hydrogen) atoms. The van der Waals surface area contributed by atoms with E-state index >= 15 is 0 Å². The second kappa shape index (κ2) is 5.95. The number of hydrogen-bond donors (Lipinski definition) is 2. The van der Waals surface area contributed by atoms with E-state index in [0.717, 1.165) is 19.1 Å². The number of aromatic nitrogens is 1. The Kier molecular flexibility index (Phi) is 4.17. The van der Waals surface area contributed by atoms with Crippen molar-refractivity contribution in [3.63, 3.8) is 0 Å². The van der Waals surface area contributed by atoms with Crippen LogP contribution in [0.3, 0.4) is 0 Å². The van der Waals surface area contributed by atoms with Crippen LogP contribution in [0.1, 0.15) is 32.4 Å². The first kappa shape index (κ1) is 15.4. The van der Waals surface area contributed by atoms with E-state index in [1.54, 1.807) is 0 Å². The van der Waals surface area contributed by atoms with Gasteiger partial charge in [-0.1, -0.05) is 13.8 Å². The van der Waals surface area contributed by atoms with Crippen LogP contribution in [-0.2, 0) is 11.3 Å². The first-order valence-electron chi connectivity index (χ1n) is 8.22. The number of hydrogen-bond acceptors (Lipinski definition) is 2. The van der Waals surface area contributed by atoms with Gasteiger partial charge < -0.3 is 19.9 Å². The highest BCUT2D eigenvalue weighted by molar-refractivity contribution is 5.80. The highest BCUT2D eigenvalue weighted by atomic mass is 16.5. The number of rotatable bonds is 3. The zero-order valence-electron chi connectivity index (χ0n) is 14.1. The molecule has 0 spiro atoms. The SMILES string of the molecule is CN=C(NC1C2CCCOC2C1(C)C)N(C)Cc1ccc[nH]1. The van der Waals surface area contributed by atoms with Crippen molar-refractivity contribution in [3.8, 4) is 0 Å². The Bertz CT molecular complexity index is 523. The molecule has 1 aliphatic carbocycles. The lowest BCUT2D eigenvalue weighted by atomic mass is 9.55. The molecule has 5 heteroatoms. The average molecular weight is 304 g/mol. The standard InChI is InChI=1S/C17H28N4O/c1-17(2)14(13-8-6-10-22-15(13)17)20-16(18-3)21(4)11-12-7-5-9-19-12/h5,7,9,13-15,19H,6,8,10-11H2,1-4H3,(H,18,20). The summed E-state index contributed by atoms with van der Waals surface area (Å²) in [6, 6.07) is 4.56. The van der Waals surface area contributed by atoms with Crippen LogP contribution < -0.4 is 5.32 Å². The van der Waals surface area contributed by atoms with Gasteiger partial charge in [-0.3, -0.25) is 4.99 Å². The Labute approximate surface area is 133 Å². The van der Waals surface area contributed by atoms with Crippen LogP contribution in [0, 0.1) is 11.3 Å². The highest BCUT2D eigenvalue weighted by Gasteiger charge is 2.58. The summed E-state index contributed by atoms with van der Waals surface area (Å²) in [4.78, 5) is 9.88. The number of aliphatic imine (C=N–C) groups is 1. The van der Waals surface area contributed by atoms with Gasteiger partial charge in [0, 0.05) is 50.0 Å². The molecule has 1 aliphatic heterocycles. The maximum atomic E-state index is 5.98. The zero-order valence-corrected chi connectivity index (χ0v) is 14.1. The van der Waals surface area contributed by atoms with Gasteiger partial charge in [0.15, 0.2) is 5.96 Å². The molecule has 1 saturated heterocycles. The third-order valence-electron chi connectivity index (χ3n) is 5.26. The van der Waals surface area contributed by atoms with Gasteiger partial charge in [0.1, 0.15) is 0 Å². The summed E-state index contributed by atoms with van der Waals surface area (Å²) in [5.74, 6) is 1.57. The summed E-state index contributed by atoms with van der Waals surface area (Å²) < 4.78 is 5.98. The lowest BCUT2D eigenvalue weighted by molar-refractivity contribution is -0.188. The monoisotopic (exact) mass is 304 g/mol. The van der Waals surface area contributed by atoms with Gasteiger partial charge in [0.25, 0.3) is 0 Å². The molecule has 1 saturated carbocycles. The molecule has 3 atom stereocenters. The third kappa shape index (κ3) is 2.62. The van der Waals surface area contributed by atoms with Crippen LogP contribution in [0.25, 0.3) is 0 Å². The topological polar surface area (TPSA) is 52.7 Å². The Hall–Kier alpha value is -1.49. The zero-order chi connectivity index (χ0) is 15.7. The molecule has 3 rings (SSSR count). The molecular weight excluding hydrogens is 276 g/mol. The van der Waals surface area contributed by atoms with Crippen molar-refractivity contribution in [1.29, 1.82) is 0 Å². The smallest absolute Gasteiger partial charge is 0.193 e. The number of aromatic amines is 1. The lowest BCUT2D eigenvalue weighted by Gasteiger charge is -2.60. The fourth-order valence-electron chi connectivity index (χ4n) is 4.10. The number of H-pyrrole nitrogens is 1. The Morgan fingerprint density at radius 3 is 3.05 bits per heavy atom. The Morgan fingerprint density at radius 2 is 2.36 bits per heavy atom. The number of nitrogens with one attached hydrogen (secondary N) is 2. The van der Waals surface area contributed by atoms with E-state index in [1.807, 2.05) is 19.3 Å². The maximum Gasteiger partial charge on any atom is 0.193 e. The van der Waals surface area contributed by atoms with Gasteiger partial charge in [-0.25, -0.2) is 0 Å². The molecule has 5 nitrogen and oxygen atoms in total. The minimum Gasteiger partial charge on any atom is -0.377 e. The molecule has 2 N–H and O–H groups in total. The largest absolute Gasteiger partial charge is 0.377 e. The summed E-state index contributed by atoms with van der Waals surface area (Å²) >= 11 is 0. The molecule has 2 aliphatic rings. The molecule has 2 heterocycles. The fraction of sp³-hybridized carbons (Fsp3) is 0.706. The Morgan fingerprint density at radius 1 is 1.55 bits per heavy atom.